The minimum absolute atomic E-state index is 0.354. The van der Waals surface area contributed by atoms with Crippen LogP contribution in [0, 0.1) is 0 Å². The number of nitrogens with two attached hydrogens (primary N) is 1. The number of fused-ring (bicyclic) bond motifs is 1. The lowest BCUT2D eigenvalue weighted by atomic mass is 10.0. The molecule has 0 aliphatic carbocycles. The highest BCUT2D eigenvalue weighted by Crippen LogP contribution is 2.25. The molecule has 100 valence electrons. The van der Waals surface area contributed by atoms with Gasteiger partial charge in [0.2, 0.25) is 0 Å². The van der Waals surface area contributed by atoms with Crippen LogP contribution in [0.5, 0.6) is 0 Å². The number of nitrogens with zero attached hydrogens (tertiary/aromatic N) is 1. The van der Waals surface area contributed by atoms with Crippen LogP contribution >= 0.6 is 0 Å². The minimum atomic E-state index is -3.67. The third-order valence-electron chi connectivity index (χ3n) is 2.38. The van der Waals surface area contributed by atoms with Crippen LogP contribution in [0.4, 0.5) is 10.5 Å². The van der Waals surface area contributed by atoms with Crippen LogP contribution in [0.1, 0.15) is 12.0 Å². The molecule has 1 aromatic rings. The molecule has 2 amide bonds. The van der Waals surface area contributed by atoms with Crippen LogP contribution in [0.2, 0.25) is 0 Å². The minimum Gasteiger partial charge on any atom is -0.351 e. The Morgan fingerprint density at radius 1 is 1.39 bits per heavy atom. The van der Waals surface area contributed by atoms with Crippen molar-refractivity contribution in [3.05, 3.63) is 29.8 Å². The van der Waals surface area contributed by atoms with E-state index >= 15 is 0 Å². The smallest absolute Gasteiger partial charge is 0.319 e. The Kier molecular flexibility index (Phi) is 4.69. The number of anilines is 1. The summed E-state index contributed by atoms with van der Waals surface area (Å²) in [5, 5.41) is 0. The highest BCUT2D eigenvalue weighted by molar-refractivity contribution is 7.85. The molecular weight excluding hydrogens is 256 g/mol. The van der Waals surface area contributed by atoms with Gasteiger partial charge in [0.25, 0.3) is 10.1 Å². The van der Waals surface area contributed by atoms with E-state index in [9.17, 15) is 13.2 Å². The van der Waals surface area contributed by atoms with Gasteiger partial charge in [0, 0.05) is 12.2 Å². The predicted octanol–water partition coefficient (Wildman–Crippen LogP) is 1.02. The molecule has 3 N–H and O–H groups in total. The maximum absolute atomic E-state index is 11.1. The third kappa shape index (κ3) is 4.72. The molecule has 1 heterocycles. The van der Waals surface area contributed by atoms with Crippen molar-refractivity contribution in [1.82, 2.24) is 0 Å². The number of rotatable bonds is 0. The Hall–Kier alpha value is -1.60. The topological polar surface area (TPSA) is 101 Å². The molecule has 1 aromatic carbocycles. The van der Waals surface area contributed by atoms with E-state index in [1.54, 1.807) is 4.90 Å². The van der Waals surface area contributed by atoms with Crippen molar-refractivity contribution in [2.75, 3.05) is 17.7 Å². The van der Waals surface area contributed by atoms with Crippen molar-refractivity contribution in [2.45, 2.75) is 12.8 Å². The van der Waals surface area contributed by atoms with Gasteiger partial charge in [0.15, 0.2) is 0 Å². The molecule has 1 aliphatic rings. The lowest BCUT2D eigenvalue weighted by molar-refractivity contribution is 0.253. The van der Waals surface area contributed by atoms with Crippen molar-refractivity contribution in [3.63, 3.8) is 0 Å². The summed E-state index contributed by atoms with van der Waals surface area (Å²) < 4.78 is 25.9. The Bertz CT molecular complexity index is 520. The highest BCUT2D eigenvalue weighted by Gasteiger charge is 2.19. The van der Waals surface area contributed by atoms with E-state index in [2.05, 4.69) is 0 Å². The van der Waals surface area contributed by atoms with Crippen LogP contribution in [-0.4, -0.2) is 31.8 Å². The first-order valence-corrected chi connectivity index (χ1v) is 7.21. The van der Waals surface area contributed by atoms with Gasteiger partial charge in [0.05, 0.1) is 6.26 Å². The molecule has 0 unspecified atom stereocenters. The number of hydrogen-bond acceptors (Lipinski definition) is 3. The lowest BCUT2D eigenvalue weighted by Gasteiger charge is -2.27. The van der Waals surface area contributed by atoms with Crippen molar-refractivity contribution in [2.24, 2.45) is 5.73 Å². The van der Waals surface area contributed by atoms with Crippen molar-refractivity contribution in [1.29, 1.82) is 0 Å². The zero-order chi connectivity index (χ0) is 13.8. The quantitative estimate of drug-likeness (QED) is 0.688. The van der Waals surface area contributed by atoms with Gasteiger partial charge in [-0.15, -0.1) is 0 Å². The predicted molar refractivity (Wildman–Crippen MR) is 69.2 cm³/mol. The van der Waals surface area contributed by atoms with E-state index in [-0.39, 0.29) is 6.03 Å². The van der Waals surface area contributed by atoms with E-state index in [0.29, 0.717) is 6.26 Å². The summed E-state index contributed by atoms with van der Waals surface area (Å²) in [7, 11) is -3.67. The summed E-state index contributed by atoms with van der Waals surface area (Å²) in [6.07, 6.45) is 2.76. The second-order valence-corrected chi connectivity index (χ2v) is 5.42. The second-order valence-electron chi connectivity index (χ2n) is 3.96. The number of benzene rings is 1. The first-order chi connectivity index (χ1) is 8.29. The van der Waals surface area contributed by atoms with Gasteiger partial charge in [-0.25, -0.2) is 4.79 Å². The van der Waals surface area contributed by atoms with Crippen LogP contribution in [0.3, 0.4) is 0 Å². The summed E-state index contributed by atoms with van der Waals surface area (Å²) >= 11 is 0. The fourth-order valence-electron chi connectivity index (χ4n) is 1.76. The number of aryl methyl sites for hydroxylation is 1. The number of urea groups is 1. The van der Waals surface area contributed by atoms with Gasteiger partial charge in [-0.1, -0.05) is 18.2 Å². The van der Waals surface area contributed by atoms with Crippen LogP contribution in [0.25, 0.3) is 0 Å². The molecule has 1 aliphatic heterocycles. The summed E-state index contributed by atoms with van der Waals surface area (Å²) in [4.78, 5) is 12.7. The normalized spacial score (nSPS) is 14.2. The molecule has 0 radical (unpaired) electrons. The van der Waals surface area contributed by atoms with Gasteiger partial charge in [-0.05, 0) is 24.5 Å². The Morgan fingerprint density at radius 2 is 1.94 bits per heavy atom. The van der Waals surface area contributed by atoms with Gasteiger partial charge >= 0.3 is 6.03 Å². The molecular formula is C11H16N2O4S. The molecule has 0 saturated heterocycles. The summed E-state index contributed by atoms with van der Waals surface area (Å²) in [5.74, 6) is 0. The Balaban J connectivity index is 0.000000280. The fraction of sp³-hybridized carbons (Fsp3) is 0.364. The molecule has 0 spiro atoms. The number of carbonyl (C=O) groups is 1. The number of hydrogen-bond donors (Lipinski definition) is 2. The maximum Gasteiger partial charge on any atom is 0.319 e. The Labute approximate surface area is 106 Å². The zero-order valence-electron chi connectivity index (χ0n) is 10.0. The monoisotopic (exact) mass is 272 g/mol. The van der Waals surface area contributed by atoms with E-state index in [1.807, 2.05) is 24.3 Å². The highest BCUT2D eigenvalue weighted by atomic mass is 32.2. The molecule has 0 fully saturated rings. The fourth-order valence-corrected chi connectivity index (χ4v) is 1.76. The molecule has 18 heavy (non-hydrogen) atoms. The van der Waals surface area contributed by atoms with Crippen LogP contribution < -0.4 is 10.6 Å². The first-order valence-electron chi connectivity index (χ1n) is 5.36. The van der Waals surface area contributed by atoms with Gasteiger partial charge in [-0.3, -0.25) is 9.45 Å². The number of amides is 2. The Morgan fingerprint density at radius 3 is 2.50 bits per heavy atom. The molecule has 6 nitrogen and oxygen atoms in total. The number of primary amides is 1. The summed E-state index contributed by atoms with van der Waals surface area (Å²) in [6.45, 7) is 0.742. The van der Waals surface area contributed by atoms with Crippen LogP contribution in [0.15, 0.2) is 24.3 Å². The van der Waals surface area contributed by atoms with E-state index in [1.165, 1.54) is 5.56 Å². The zero-order valence-corrected chi connectivity index (χ0v) is 10.9. The van der Waals surface area contributed by atoms with Gasteiger partial charge < -0.3 is 5.73 Å². The molecule has 7 heteroatoms. The summed E-state index contributed by atoms with van der Waals surface area (Å²) in [5.41, 5.74) is 7.46. The second kappa shape index (κ2) is 5.83. The summed E-state index contributed by atoms with van der Waals surface area (Å²) in [6, 6.07) is 7.56. The lowest BCUT2D eigenvalue weighted by Crippen LogP contribution is -2.39. The molecule has 0 saturated carbocycles. The van der Waals surface area contributed by atoms with Gasteiger partial charge in [-0.2, -0.15) is 8.42 Å². The van der Waals surface area contributed by atoms with Crippen molar-refractivity contribution in [3.8, 4) is 0 Å². The third-order valence-corrected chi connectivity index (χ3v) is 2.38. The number of carbonyl (C=O) groups excluding carboxylic acids is 1. The standard InChI is InChI=1S/C10H12N2O.CH4O3S/c11-10(13)12-7-3-5-8-4-1-2-6-9(8)12;1-5(2,3)4/h1-2,4,6H,3,5,7H2,(H2,11,13);1H3,(H,2,3,4). The molecule has 2 rings (SSSR count). The van der Waals surface area contributed by atoms with Gasteiger partial charge in [0.1, 0.15) is 0 Å². The molecule has 0 bridgehead atoms. The average molecular weight is 272 g/mol. The first kappa shape index (κ1) is 14.5. The number of para-hydroxylation sites is 1. The van der Waals surface area contributed by atoms with E-state index < -0.39 is 10.1 Å². The van der Waals surface area contributed by atoms with E-state index in [0.717, 1.165) is 25.1 Å². The average Bonchev–Trinajstić information content (AvgIpc) is 2.26. The van der Waals surface area contributed by atoms with Crippen molar-refractivity contribution < 1.29 is 17.8 Å². The molecule has 0 atom stereocenters. The van der Waals surface area contributed by atoms with Crippen molar-refractivity contribution >= 4 is 21.8 Å². The SMILES string of the molecule is CS(=O)(=O)O.NC(=O)N1CCCc2ccccc21. The van der Waals surface area contributed by atoms with E-state index in [4.69, 9.17) is 10.3 Å². The largest absolute Gasteiger partial charge is 0.351 e. The molecule has 0 aromatic heterocycles. The maximum atomic E-state index is 11.1. The van der Waals surface area contributed by atoms with Crippen LogP contribution in [-0.2, 0) is 16.5 Å².